The minimum absolute atomic E-state index is 0.00267. The number of esters is 1. The first-order chi connectivity index (χ1) is 22.9. The maximum absolute atomic E-state index is 15.1. The Morgan fingerprint density at radius 2 is 1.67 bits per heavy atom. The van der Waals surface area contributed by atoms with Crippen molar-refractivity contribution in [3.8, 4) is 5.69 Å². The number of fused-ring (bicyclic) bond motifs is 1. The lowest BCUT2D eigenvalue weighted by Gasteiger charge is -2.18. The van der Waals surface area contributed by atoms with Crippen LogP contribution in [0.15, 0.2) is 99.7 Å². The molecule has 0 unspecified atom stereocenters. The van der Waals surface area contributed by atoms with Gasteiger partial charge in [-0.25, -0.2) is 27.0 Å². The molecule has 2 heterocycles. The summed E-state index contributed by atoms with van der Waals surface area (Å²) in [5.41, 5.74) is 0.585. The molecular weight excluding hydrogens is 641 g/mol. The Balaban J connectivity index is 1.31. The number of rotatable bonds is 11. The Morgan fingerprint density at radius 1 is 0.979 bits per heavy atom. The molecule has 0 aliphatic heterocycles. The van der Waals surface area contributed by atoms with Crippen molar-refractivity contribution in [3.05, 3.63) is 129 Å². The van der Waals surface area contributed by atoms with Gasteiger partial charge in [-0.3, -0.25) is 23.9 Å². The van der Waals surface area contributed by atoms with E-state index < -0.39 is 50.6 Å². The van der Waals surface area contributed by atoms with Gasteiger partial charge in [-0.1, -0.05) is 37.6 Å². The number of carbonyl (C=O) groups is 2. The summed E-state index contributed by atoms with van der Waals surface area (Å²) >= 11 is 0. The van der Waals surface area contributed by atoms with Crippen LogP contribution in [0.5, 0.6) is 0 Å². The lowest BCUT2D eigenvalue weighted by Crippen LogP contribution is -2.43. The Hall–Kier alpha value is -5.63. The predicted octanol–water partition coefficient (Wildman–Crippen LogP) is 3.49. The van der Waals surface area contributed by atoms with Crippen molar-refractivity contribution in [2.24, 2.45) is 7.05 Å². The average Bonchev–Trinajstić information content (AvgIpc) is 3.07. The summed E-state index contributed by atoms with van der Waals surface area (Å²) in [6.45, 7) is 2.02. The van der Waals surface area contributed by atoms with Crippen molar-refractivity contribution >= 4 is 38.5 Å². The quantitative estimate of drug-likeness (QED) is 0.202. The summed E-state index contributed by atoms with van der Waals surface area (Å²) in [7, 11) is -1.35. The van der Waals surface area contributed by atoms with Crippen LogP contribution < -0.4 is 21.3 Å². The van der Waals surface area contributed by atoms with E-state index in [9.17, 15) is 27.6 Å². The molecule has 5 rings (SSSR count). The third-order valence-electron chi connectivity index (χ3n) is 7.74. The number of aryl methyl sites for hydroxylation is 2. The van der Waals surface area contributed by atoms with Crippen LogP contribution in [0.25, 0.3) is 16.6 Å². The number of aromatic nitrogens is 3. The van der Waals surface area contributed by atoms with E-state index in [2.05, 4.69) is 15.0 Å². The van der Waals surface area contributed by atoms with Gasteiger partial charge in [0.2, 0.25) is 0 Å². The van der Waals surface area contributed by atoms with Crippen LogP contribution >= 0.6 is 0 Å². The first-order valence-corrected chi connectivity index (χ1v) is 16.4. The molecule has 0 aliphatic carbocycles. The fraction of sp³-hybridized carbons (Fsp3) is 0.206. The van der Waals surface area contributed by atoms with Crippen molar-refractivity contribution < 1.29 is 27.1 Å². The van der Waals surface area contributed by atoms with E-state index in [-0.39, 0.29) is 22.7 Å². The molecule has 3 aromatic carbocycles. The Kier molecular flexibility index (Phi) is 9.84. The molecule has 1 amide bonds. The number of anilines is 1. The number of nitrogens with zero attached hydrogens (tertiary/aromatic N) is 3. The molecule has 248 valence electrons. The van der Waals surface area contributed by atoms with Gasteiger partial charge >= 0.3 is 11.7 Å². The zero-order chi connectivity index (χ0) is 34.6. The highest BCUT2D eigenvalue weighted by Gasteiger charge is 2.25. The number of amides is 1. The van der Waals surface area contributed by atoms with E-state index in [1.807, 2.05) is 6.92 Å². The molecule has 0 aliphatic rings. The molecule has 2 aromatic heterocycles. The lowest BCUT2D eigenvalue weighted by molar-refractivity contribution is -0.142. The summed E-state index contributed by atoms with van der Waals surface area (Å²) in [5.74, 6) is -2.74. The number of hydrogen-bond acceptors (Lipinski definition) is 8. The van der Waals surface area contributed by atoms with Crippen LogP contribution in [0, 0.1) is 5.82 Å². The van der Waals surface area contributed by atoms with Gasteiger partial charge in [0.1, 0.15) is 11.9 Å². The molecule has 14 heteroatoms. The van der Waals surface area contributed by atoms with E-state index in [0.29, 0.717) is 16.5 Å². The maximum Gasteiger partial charge on any atom is 0.335 e. The fourth-order valence-electron chi connectivity index (χ4n) is 5.21. The molecule has 0 spiro atoms. The van der Waals surface area contributed by atoms with Gasteiger partial charge in [0.05, 0.1) is 46.0 Å². The third-order valence-corrected chi connectivity index (χ3v) is 9.13. The van der Waals surface area contributed by atoms with E-state index in [0.717, 1.165) is 42.2 Å². The van der Waals surface area contributed by atoms with Gasteiger partial charge in [-0.05, 0) is 66.1 Å². The predicted molar refractivity (Wildman–Crippen MR) is 177 cm³/mol. The van der Waals surface area contributed by atoms with Gasteiger partial charge in [0.15, 0.2) is 0 Å². The Labute approximate surface area is 274 Å². The van der Waals surface area contributed by atoms with Gasteiger partial charge in [0.25, 0.3) is 21.5 Å². The zero-order valence-corrected chi connectivity index (χ0v) is 27.1. The number of halogens is 1. The van der Waals surface area contributed by atoms with Crippen molar-refractivity contribution in [1.29, 1.82) is 0 Å². The number of nitrogens with one attached hydrogen (secondary N) is 2. The van der Waals surface area contributed by atoms with Crippen LogP contribution in [0.3, 0.4) is 0 Å². The number of benzene rings is 3. The molecule has 0 radical (unpaired) electrons. The van der Waals surface area contributed by atoms with E-state index in [4.69, 9.17) is 4.74 Å². The SMILES string of the molecule is CCCc1ccc(S(=O)(=O)Nc2ccc(C(=O)N[C@@H](Cc3ccc(-n4c(=O)c5ccncc5n(C)c4=O)cc3)C(=O)OC)c(F)c2)cc1. The van der Waals surface area contributed by atoms with Crippen molar-refractivity contribution in [2.45, 2.75) is 37.1 Å². The summed E-state index contributed by atoms with van der Waals surface area (Å²) in [6.07, 6.45) is 4.54. The maximum atomic E-state index is 15.1. The number of hydrogen-bond donors (Lipinski definition) is 2. The molecule has 0 bridgehead atoms. The monoisotopic (exact) mass is 673 g/mol. The van der Waals surface area contributed by atoms with Crippen molar-refractivity contribution in [2.75, 3.05) is 11.8 Å². The number of methoxy groups -OCH3 is 1. The second-order valence-electron chi connectivity index (χ2n) is 11.0. The molecule has 1 atom stereocenters. The standard InChI is InChI=1S/C34H32FN5O7S/c1-4-5-21-8-13-25(14-9-21)48(45,46)38-23-10-15-26(28(35)19-23)31(41)37-29(33(43)47-3)18-22-6-11-24(12-7-22)40-32(42)27-16-17-36-20-30(27)39(2)34(40)44/h6-17,19-20,29,38H,4-5,18H2,1-3H3,(H,37,41)/t29-/m0/s1. The van der Waals surface area contributed by atoms with Gasteiger partial charge in [-0.15, -0.1) is 0 Å². The highest BCUT2D eigenvalue weighted by molar-refractivity contribution is 7.92. The minimum Gasteiger partial charge on any atom is -0.467 e. The molecule has 0 saturated carbocycles. The number of pyridine rings is 1. The molecule has 5 aromatic rings. The van der Waals surface area contributed by atoms with Crippen LogP contribution in [0.1, 0.15) is 34.8 Å². The van der Waals surface area contributed by atoms with E-state index >= 15 is 4.39 Å². The first kappa shape index (κ1) is 33.7. The molecule has 0 fully saturated rings. The number of ether oxygens (including phenoxy) is 1. The van der Waals surface area contributed by atoms with Gasteiger partial charge < -0.3 is 10.1 Å². The molecule has 48 heavy (non-hydrogen) atoms. The largest absolute Gasteiger partial charge is 0.467 e. The first-order valence-electron chi connectivity index (χ1n) is 14.9. The second kappa shape index (κ2) is 14.0. The molecule has 0 saturated heterocycles. The molecule has 2 N–H and O–H groups in total. The van der Waals surface area contributed by atoms with Crippen molar-refractivity contribution in [3.63, 3.8) is 0 Å². The third kappa shape index (κ3) is 7.03. The highest BCUT2D eigenvalue weighted by atomic mass is 32.2. The minimum atomic E-state index is -4.02. The number of sulfonamides is 1. The molecule has 12 nitrogen and oxygen atoms in total. The fourth-order valence-corrected chi connectivity index (χ4v) is 6.26. The summed E-state index contributed by atoms with van der Waals surface area (Å²) < 4.78 is 50.2. The van der Waals surface area contributed by atoms with Crippen LogP contribution in [0.4, 0.5) is 10.1 Å². The van der Waals surface area contributed by atoms with Gasteiger partial charge in [0, 0.05) is 19.7 Å². The summed E-state index contributed by atoms with van der Waals surface area (Å²) in [6, 6.07) is 16.1. The Morgan fingerprint density at radius 3 is 2.31 bits per heavy atom. The van der Waals surface area contributed by atoms with Crippen LogP contribution in [0.2, 0.25) is 0 Å². The zero-order valence-electron chi connectivity index (χ0n) is 26.3. The summed E-state index contributed by atoms with van der Waals surface area (Å²) in [4.78, 5) is 55.8. The van der Waals surface area contributed by atoms with Crippen molar-refractivity contribution in [1.82, 2.24) is 19.4 Å². The number of carbonyl (C=O) groups excluding carboxylic acids is 2. The molecular formula is C34H32FN5O7S. The van der Waals surface area contributed by atoms with E-state index in [1.54, 1.807) is 24.3 Å². The highest BCUT2D eigenvalue weighted by Crippen LogP contribution is 2.21. The normalized spacial score (nSPS) is 12.0. The van der Waals surface area contributed by atoms with Crippen LogP contribution in [-0.2, 0) is 39.4 Å². The second-order valence-corrected chi connectivity index (χ2v) is 12.7. The summed E-state index contributed by atoms with van der Waals surface area (Å²) in [5, 5.41) is 2.77. The topological polar surface area (TPSA) is 158 Å². The van der Waals surface area contributed by atoms with Crippen LogP contribution in [-0.4, -0.2) is 47.6 Å². The van der Waals surface area contributed by atoms with Gasteiger partial charge in [-0.2, -0.15) is 0 Å². The average molecular weight is 674 g/mol. The smallest absolute Gasteiger partial charge is 0.335 e. The van der Waals surface area contributed by atoms with E-state index in [1.165, 1.54) is 60.4 Å². The lowest BCUT2D eigenvalue weighted by atomic mass is 10.0. The Bertz CT molecular complexity index is 2230.